The first-order valence-corrected chi connectivity index (χ1v) is 7.63. The molecule has 2 N–H and O–H groups in total. The van der Waals surface area contributed by atoms with Crippen LogP contribution in [0.2, 0.25) is 0 Å². The number of thiocarbonyl (C=S) groups is 1. The van der Waals surface area contributed by atoms with Gasteiger partial charge in [-0.1, -0.05) is 6.07 Å². The summed E-state index contributed by atoms with van der Waals surface area (Å²) in [7, 11) is 2.55. The summed E-state index contributed by atoms with van der Waals surface area (Å²) in [5.74, 6) is -0.930. The minimum Gasteiger partial charge on any atom is -0.469 e. The van der Waals surface area contributed by atoms with Gasteiger partial charge in [-0.2, -0.15) is 5.10 Å². The Hall–Kier alpha value is -2.00. The van der Waals surface area contributed by atoms with Crippen LogP contribution in [0, 0.1) is 0 Å². The Balaban J connectivity index is 2.47. The van der Waals surface area contributed by atoms with Crippen molar-refractivity contribution in [3.8, 4) is 0 Å². The number of hydrazone groups is 1. The van der Waals surface area contributed by atoms with Crippen molar-refractivity contribution >= 4 is 46.8 Å². The molecule has 0 bridgehead atoms. The van der Waals surface area contributed by atoms with E-state index in [-0.39, 0.29) is 18.0 Å². The Bertz CT molecular complexity index is 531. The minimum absolute atomic E-state index is 0.0738. The van der Waals surface area contributed by atoms with E-state index >= 15 is 0 Å². The largest absolute Gasteiger partial charge is 0.469 e. The highest BCUT2D eigenvalue weighted by molar-refractivity contribution is 7.80. The van der Waals surface area contributed by atoms with E-state index in [4.69, 9.17) is 12.2 Å². The van der Waals surface area contributed by atoms with E-state index in [1.807, 2.05) is 17.5 Å². The molecule has 0 saturated carbocycles. The van der Waals surface area contributed by atoms with Gasteiger partial charge >= 0.3 is 11.9 Å². The number of carbonyl (C=O) groups excluding carboxylic acids is 2. The van der Waals surface area contributed by atoms with Crippen LogP contribution >= 0.6 is 23.6 Å². The molecule has 0 aliphatic carbocycles. The maximum Gasteiger partial charge on any atom is 0.328 e. The summed E-state index contributed by atoms with van der Waals surface area (Å²) >= 11 is 6.58. The Morgan fingerprint density at radius 3 is 2.82 bits per heavy atom. The van der Waals surface area contributed by atoms with Gasteiger partial charge in [-0.25, -0.2) is 4.79 Å². The van der Waals surface area contributed by atoms with Crippen LogP contribution in [0.25, 0.3) is 0 Å². The molecule has 1 heterocycles. The second-order valence-electron chi connectivity index (χ2n) is 4.05. The number of hydrogen-bond donors (Lipinski definition) is 2. The number of ether oxygens (including phenoxy) is 2. The van der Waals surface area contributed by atoms with E-state index in [1.165, 1.54) is 25.6 Å². The molecule has 0 aliphatic rings. The smallest absolute Gasteiger partial charge is 0.328 e. The lowest BCUT2D eigenvalue weighted by Gasteiger charge is -2.16. The van der Waals surface area contributed by atoms with E-state index in [1.54, 1.807) is 6.21 Å². The summed E-state index contributed by atoms with van der Waals surface area (Å²) in [6.07, 6.45) is 1.89. The van der Waals surface area contributed by atoms with Gasteiger partial charge in [0.25, 0.3) is 0 Å². The van der Waals surface area contributed by atoms with Crippen LogP contribution in [-0.2, 0) is 19.1 Å². The average Bonchev–Trinajstić information content (AvgIpc) is 3.03. The maximum absolute atomic E-state index is 11.6. The normalized spacial score (nSPS) is 11.7. The Kier molecular flexibility index (Phi) is 8.08. The van der Waals surface area contributed by atoms with Crippen molar-refractivity contribution in [2.45, 2.75) is 18.9 Å². The van der Waals surface area contributed by atoms with E-state index in [0.717, 1.165) is 4.88 Å². The van der Waals surface area contributed by atoms with Crippen molar-refractivity contribution in [3.05, 3.63) is 22.4 Å². The van der Waals surface area contributed by atoms with Gasteiger partial charge in [0.15, 0.2) is 5.11 Å². The lowest BCUT2D eigenvalue weighted by atomic mass is 10.1. The van der Waals surface area contributed by atoms with Crippen LogP contribution in [0.15, 0.2) is 22.6 Å². The number of carbonyl (C=O) groups is 2. The van der Waals surface area contributed by atoms with Crippen LogP contribution < -0.4 is 10.7 Å². The third-order valence-electron chi connectivity index (χ3n) is 2.56. The Morgan fingerprint density at radius 2 is 2.23 bits per heavy atom. The van der Waals surface area contributed by atoms with Gasteiger partial charge in [0.1, 0.15) is 6.04 Å². The SMILES string of the molecule is COC(=O)CCC(NC(=S)N/N=C/c1cccs1)C(=O)OC. The summed E-state index contributed by atoms with van der Waals surface area (Å²) < 4.78 is 9.20. The minimum atomic E-state index is -0.749. The fourth-order valence-corrected chi connectivity index (χ4v) is 2.25. The van der Waals surface area contributed by atoms with Crippen molar-refractivity contribution in [1.82, 2.24) is 10.7 Å². The molecule has 22 heavy (non-hydrogen) atoms. The van der Waals surface area contributed by atoms with Crippen molar-refractivity contribution < 1.29 is 19.1 Å². The van der Waals surface area contributed by atoms with Crippen LogP contribution in [-0.4, -0.2) is 43.5 Å². The zero-order valence-corrected chi connectivity index (χ0v) is 13.8. The Morgan fingerprint density at radius 1 is 1.45 bits per heavy atom. The van der Waals surface area contributed by atoms with Gasteiger partial charge in [-0.05, 0) is 30.1 Å². The number of esters is 2. The maximum atomic E-state index is 11.6. The van der Waals surface area contributed by atoms with E-state index in [0.29, 0.717) is 0 Å². The zero-order chi connectivity index (χ0) is 16.4. The second kappa shape index (κ2) is 9.85. The summed E-state index contributed by atoms with van der Waals surface area (Å²) in [5, 5.41) is 8.80. The molecule has 0 saturated heterocycles. The quantitative estimate of drug-likeness (QED) is 0.331. The van der Waals surface area contributed by atoms with Crippen LogP contribution in [0.1, 0.15) is 17.7 Å². The lowest BCUT2D eigenvalue weighted by molar-refractivity contribution is -0.144. The van der Waals surface area contributed by atoms with Crippen LogP contribution in [0.4, 0.5) is 0 Å². The molecule has 0 spiro atoms. The molecule has 0 radical (unpaired) electrons. The van der Waals surface area contributed by atoms with E-state index in [2.05, 4.69) is 25.3 Å². The van der Waals surface area contributed by atoms with Crippen LogP contribution in [0.3, 0.4) is 0 Å². The molecular weight excluding hydrogens is 326 g/mol. The van der Waals surface area contributed by atoms with Gasteiger partial charge in [0.05, 0.1) is 20.4 Å². The molecule has 1 rings (SSSR count). The molecule has 1 aromatic heterocycles. The summed E-state index contributed by atoms with van der Waals surface area (Å²) in [5.41, 5.74) is 2.60. The van der Waals surface area contributed by atoms with Crippen molar-refractivity contribution in [2.24, 2.45) is 5.10 Å². The lowest BCUT2D eigenvalue weighted by Crippen LogP contribution is -2.45. The predicted octanol–water partition coefficient (Wildman–Crippen LogP) is 1.04. The monoisotopic (exact) mass is 343 g/mol. The topological polar surface area (TPSA) is 89.0 Å². The van der Waals surface area contributed by atoms with Crippen molar-refractivity contribution in [3.63, 3.8) is 0 Å². The van der Waals surface area contributed by atoms with Gasteiger partial charge < -0.3 is 14.8 Å². The first kappa shape index (κ1) is 18.1. The zero-order valence-electron chi connectivity index (χ0n) is 12.2. The predicted molar refractivity (Wildman–Crippen MR) is 87.8 cm³/mol. The molecule has 0 aliphatic heterocycles. The summed E-state index contributed by atoms with van der Waals surface area (Å²) in [6, 6.07) is 3.06. The van der Waals surface area contributed by atoms with Gasteiger partial charge in [0, 0.05) is 11.3 Å². The fourth-order valence-electron chi connectivity index (χ4n) is 1.47. The second-order valence-corrected chi connectivity index (χ2v) is 5.44. The van der Waals surface area contributed by atoms with Crippen molar-refractivity contribution in [2.75, 3.05) is 14.2 Å². The fraction of sp³-hybridized carbons (Fsp3) is 0.385. The molecule has 0 amide bonds. The van der Waals surface area contributed by atoms with Crippen molar-refractivity contribution in [1.29, 1.82) is 0 Å². The molecule has 1 aromatic rings. The van der Waals surface area contributed by atoms with Gasteiger partial charge in [-0.15, -0.1) is 11.3 Å². The Labute approximate surface area is 137 Å². The number of hydrogen-bond acceptors (Lipinski definition) is 7. The first-order valence-electron chi connectivity index (χ1n) is 6.34. The highest BCUT2D eigenvalue weighted by Gasteiger charge is 2.21. The molecule has 0 fully saturated rings. The number of nitrogens with zero attached hydrogens (tertiary/aromatic N) is 1. The third-order valence-corrected chi connectivity index (χ3v) is 3.57. The summed E-state index contributed by atoms with van der Waals surface area (Å²) in [4.78, 5) is 23.8. The molecule has 1 unspecified atom stereocenters. The highest BCUT2D eigenvalue weighted by Crippen LogP contribution is 2.04. The molecule has 7 nitrogen and oxygen atoms in total. The van der Waals surface area contributed by atoms with E-state index in [9.17, 15) is 9.59 Å². The molecule has 120 valence electrons. The van der Waals surface area contributed by atoms with Crippen LogP contribution in [0.5, 0.6) is 0 Å². The van der Waals surface area contributed by atoms with Gasteiger partial charge in [0.2, 0.25) is 0 Å². The number of rotatable bonds is 7. The molecule has 9 heteroatoms. The molecular formula is C13H17N3O4S2. The standard InChI is InChI=1S/C13H17N3O4S2/c1-19-11(17)6-5-10(12(18)20-2)15-13(21)16-14-8-9-4-3-7-22-9/h3-4,7-8,10H,5-6H2,1-2H3,(H2,15,16,21)/b14-8+. The molecule has 1 atom stereocenters. The third kappa shape index (κ3) is 6.64. The number of methoxy groups -OCH3 is 2. The van der Waals surface area contributed by atoms with E-state index < -0.39 is 18.0 Å². The number of nitrogens with one attached hydrogen (secondary N) is 2. The molecule has 0 aromatic carbocycles. The highest BCUT2D eigenvalue weighted by atomic mass is 32.1. The first-order chi connectivity index (χ1) is 10.6. The summed E-state index contributed by atoms with van der Waals surface area (Å²) in [6.45, 7) is 0. The number of thiophene rings is 1. The average molecular weight is 343 g/mol. The van der Waals surface area contributed by atoms with Gasteiger partial charge in [-0.3, -0.25) is 10.2 Å².